The molecule has 154 valence electrons. The zero-order valence-corrected chi connectivity index (χ0v) is 16.6. The first-order valence-corrected chi connectivity index (χ1v) is 9.70. The molecule has 1 saturated carbocycles. The Kier molecular flexibility index (Phi) is 5.23. The average Bonchev–Trinajstić information content (AvgIpc) is 3.25. The zero-order chi connectivity index (χ0) is 21.1. The van der Waals surface area contributed by atoms with Crippen molar-refractivity contribution in [3.63, 3.8) is 0 Å². The summed E-state index contributed by atoms with van der Waals surface area (Å²) in [7, 11) is 0. The van der Waals surface area contributed by atoms with E-state index in [1.165, 1.54) is 11.0 Å². The summed E-state index contributed by atoms with van der Waals surface area (Å²) in [6, 6.07) is 7.37. The van der Waals surface area contributed by atoms with Crippen LogP contribution in [0.5, 0.6) is 0 Å². The first-order valence-electron chi connectivity index (χ1n) is 9.70. The molecule has 1 atom stereocenters. The van der Waals surface area contributed by atoms with E-state index in [0.717, 1.165) is 37.1 Å². The number of hydrogen-bond donors (Lipinski definition) is 3. The second-order valence-electron chi connectivity index (χ2n) is 7.47. The highest BCUT2D eigenvalue weighted by Gasteiger charge is 2.29. The van der Waals surface area contributed by atoms with Crippen LogP contribution < -0.4 is 16.8 Å². The van der Waals surface area contributed by atoms with Crippen LogP contribution >= 0.6 is 0 Å². The Labute approximate surface area is 173 Å². The highest BCUT2D eigenvalue weighted by Crippen LogP contribution is 2.27. The van der Waals surface area contributed by atoms with Gasteiger partial charge in [-0.1, -0.05) is 12.5 Å². The van der Waals surface area contributed by atoms with Crippen LogP contribution in [0.4, 0.5) is 17.5 Å². The van der Waals surface area contributed by atoms with E-state index in [4.69, 9.17) is 11.5 Å². The molecule has 5 N–H and O–H groups in total. The molecule has 3 aromatic rings. The van der Waals surface area contributed by atoms with Gasteiger partial charge in [-0.25, -0.2) is 9.98 Å². The van der Waals surface area contributed by atoms with Crippen LogP contribution in [0.2, 0.25) is 0 Å². The van der Waals surface area contributed by atoms with Crippen molar-refractivity contribution < 1.29 is 4.79 Å². The maximum absolute atomic E-state index is 11.9. The largest absolute Gasteiger partial charge is 0.365 e. The number of nitrogens with zero attached hydrogens (tertiary/aromatic N) is 6. The number of amides is 1. The van der Waals surface area contributed by atoms with E-state index in [-0.39, 0.29) is 17.3 Å². The van der Waals surface area contributed by atoms with Crippen LogP contribution in [0.25, 0.3) is 5.69 Å². The van der Waals surface area contributed by atoms with E-state index in [2.05, 4.69) is 30.5 Å². The van der Waals surface area contributed by atoms with Crippen molar-refractivity contribution in [2.24, 2.45) is 16.5 Å². The maximum Gasteiger partial charge on any atom is 0.254 e. The smallest absolute Gasteiger partial charge is 0.254 e. The molecule has 0 unspecified atom stereocenters. The first kappa shape index (κ1) is 19.6. The Balaban J connectivity index is 1.68. The summed E-state index contributed by atoms with van der Waals surface area (Å²) in [5, 5.41) is 11.4. The monoisotopic (exact) mass is 405 g/mol. The van der Waals surface area contributed by atoms with Gasteiger partial charge >= 0.3 is 0 Å². The molecule has 1 aromatic carbocycles. The molecule has 4 rings (SSSR count). The van der Waals surface area contributed by atoms with Crippen molar-refractivity contribution in [2.45, 2.75) is 38.1 Å². The summed E-state index contributed by atoms with van der Waals surface area (Å²) in [5.41, 5.74) is 13.9. The minimum absolute atomic E-state index is 0.167. The summed E-state index contributed by atoms with van der Waals surface area (Å²) < 4.78 is 0. The summed E-state index contributed by atoms with van der Waals surface area (Å²) in [6.07, 6.45) is 8.34. The molecular weight excluding hydrogens is 382 g/mol. The third kappa shape index (κ3) is 4.18. The number of nitrogens with two attached hydrogens (primary N) is 2. The molecule has 2 heterocycles. The van der Waals surface area contributed by atoms with Crippen LogP contribution in [-0.4, -0.2) is 42.1 Å². The van der Waals surface area contributed by atoms with Gasteiger partial charge in [-0.2, -0.15) is 20.0 Å². The lowest BCUT2D eigenvalue weighted by molar-refractivity contribution is 0.100. The Morgan fingerprint density at radius 3 is 2.80 bits per heavy atom. The number of anilines is 2. The highest BCUT2D eigenvalue weighted by atomic mass is 16.1. The van der Waals surface area contributed by atoms with Gasteiger partial charge in [-0.05, 0) is 44.4 Å². The maximum atomic E-state index is 11.9. The third-order valence-corrected chi connectivity index (χ3v) is 5.05. The second-order valence-corrected chi connectivity index (χ2v) is 7.47. The summed E-state index contributed by atoms with van der Waals surface area (Å²) in [5.74, 6) is -0.124. The molecule has 1 aliphatic rings. The fourth-order valence-corrected chi connectivity index (χ4v) is 3.41. The molecule has 10 nitrogen and oxygen atoms in total. The fraction of sp³-hybridized carbons (Fsp3) is 0.300. The normalized spacial score (nSPS) is 20.3. The lowest BCUT2D eigenvalue weighted by Gasteiger charge is -2.30. The van der Waals surface area contributed by atoms with E-state index in [1.807, 2.05) is 31.2 Å². The number of carbonyl (C=O) groups is 1. The van der Waals surface area contributed by atoms with Crippen molar-refractivity contribution in [1.29, 1.82) is 0 Å². The number of carbonyl (C=O) groups excluding carboxylic acids is 1. The lowest BCUT2D eigenvalue weighted by atomic mass is 9.82. The average molecular weight is 405 g/mol. The van der Waals surface area contributed by atoms with Crippen LogP contribution in [0.3, 0.4) is 0 Å². The van der Waals surface area contributed by atoms with Gasteiger partial charge < -0.3 is 16.8 Å². The Hall–Kier alpha value is -3.66. The Morgan fingerprint density at radius 1 is 1.27 bits per heavy atom. The van der Waals surface area contributed by atoms with Crippen molar-refractivity contribution in [3.8, 4) is 5.69 Å². The topological polar surface area (TPSA) is 150 Å². The van der Waals surface area contributed by atoms with E-state index in [1.54, 1.807) is 12.4 Å². The van der Waals surface area contributed by atoms with Crippen LogP contribution in [0.1, 0.15) is 43.0 Å². The molecule has 2 aromatic heterocycles. The van der Waals surface area contributed by atoms with Gasteiger partial charge in [0, 0.05) is 17.6 Å². The molecule has 0 aliphatic heterocycles. The van der Waals surface area contributed by atoms with E-state index in [9.17, 15) is 4.79 Å². The molecular formula is C20H23N9O. The molecule has 1 aliphatic carbocycles. The number of aromatic nitrogens is 5. The standard InChI is InChI=1S/C20H23N9O/c1-20(22)8-3-2-7-16(20)27-19-23-12-15(17(21)30)18(28-19)26-13-5-4-6-14(11-13)29-24-9-10-25-29/h4-6,9-12H,2-3,7-8,22H2,1H3,(H2,21,30)(H,23,26,28)/b27-16+/t20-/m0/s1. The molecule has 0 spiro atoms. The van der Waals surface area contributed by atoms with Gasteiger partial charge in [-0.3, -0.25) is 4.79 Å². The van der Waals surface area contributed by atoms with Crippen molar-refractivity contribution >= 4 is 29.1 Å². The van der Waals surface area contributed by atoms with E-state index >= 15 is 0 Å². The molecule has 0 radical (unpaired) electrons. The minimum Gasteiger partial charge on any atom is -0.365 e. The number of nitrogens with one attached hydrogen (secondary N) is 1. The van der Waals surface area contributed by atoms with Crippen LogP contribution in [0.15, 0.2) is 47.8 Å². The van der Waals surface area contributed by atoms with Crippen molar-refractivity contribution in [3.05, 3.63) is 48.4 Å². The first-order chi connectivity index (χ1) is 14.4. The predicted molar refractivity (Wildman–Crippen MR) is 113 cm³/mol. The zero-order valence-electron chi connectivity index (χ0n) is 16.6. The number of hydrogen-bond acceptors (Lipinski definition) is 8. The van der Waals surface area contributed by atoms with Gasteiger partial charge in [0.1, 0.15) is 11.4 Å². The van der Waals surface area contributed by atoms with Crippen molar-refractivity contribution in [1.82, 2.24) is 25.0 Å². The lowest BCUT2D eigenvalue weighted by Crippen LogP contribution is -2.46. The molecule has 0 bridgehead atoms. The van der Waals surface area contributed by atoms with Gasteiger partial charge in [0.2, 0.25) is 0 Å². The molecule has 10 heteroatoms. The number of aliphatic imine (C=N–C) groups is 1. The molecule has 1 fully saturated rings. The summed E-state index contributed by atoms with van der Waals surface area (Å²) in [6.45, 7) is 1.97. The molecule has 0 saturated heterocycles. The quantitative estimate of drug-likeness (QED) is 0.589. The van der Waals surface area contributed by atoms with Crippen molar-refractivity contribution in [2.75, 3.05) is 5.32 Å². The number of benzene rings is 1. The third-order valence-electron chi connectivity index (χ3n) is 5.05. The Morgan fingerprint density at radius 2 is 2.07 bits per heavy atom. The second kappa shape index (κ2) is 7.99. The summed E-state index contributed by atoms with van der Waals surface area (Å²) >= 11 is 0. The number of primary amides is 1. The van der Waals surface area contributed by atoms with Gasteiger partial charge in [-0.15, -0.1) is 0 Å². The van der Waals surface area contributed by atoms with Gasteiger partial charge in [0.25, 0.3) is 11.9 Å². The van der Waals surface area contributed by atoms with Gasteiger partial charge in [0.05, 0.1) is 23.6 Å². The summed E-state index contributed by atoms with van der Waals surface area (Å²) in [4.78, 5) is 26.6. The fourth-order valence-electron chi connectivity index (χ4n) is 3.41. The van der Waals surface area contributed by atoms with Crippen LogP contribution in [0, 0.1) is 0 Å². The highest BCUT2D eigenvalue weighted by molar-refractivity contribution is 5.98. The van der Waals surface area contributed by atoms with E-state index in [0.29, 0.717) is 5.69 Å². The minimum atomic E-state index is -0.636. The molecule has 30 heavy (non-hydrogen) atoms. The predicted octanol–water partition coefficient (Wildman–Crippen LogP) is 2.26. The Bertz CT molecular complexity index is 1090. The van der Waals surface area contributed by atoms with Crippen LogP contribution in [-0.2, 0) is 0 Å². The SMILES string of the molecule is C[C@]1(N)CCCC/C1=N\c1ncc(C(N)=O)c(Nc2cccc(-n3nccn3)c2)n1. The van der Waals surface area contributed by atoms with E-state index < -0.39 is 11.4 Å². The number of rotatable bonds is 5. The molecule has 1 amide bonds. The van der Waals surface area contributed by atoms with Gasteiger partial charge in [0.15, 0.2) is 0 Å².